The highest BCUT2D eigenvalue weighted by Gasteiger charge is 2.22. The molecule has 1 aliphatic heterocycles. The smallest absolute Gasteiger partial charge is 0.323 e. The molecule has 0 bridgehead atoms. The second kappa shape index (κ2) is 13.8. The van der Waals surface area contributed by atoms with Crippen molar-refractivity contribution in [1.82, 2.24) is 9.88 Å². The highest BCUT2D eigenvalue weighted by Crippen LogP contribution is 2.40. The molecule has 4 aromatic rings. The van der Waals surface area contributed by atoms with Crippen molar-refractivity contribution in [2.75, 3.05) is 48.4 Å². The van der Waals surface area contributed by atoms with Crippen LogP contribution >= 0.6 is 0 Å². The van der Waals surface area contributed by atoms with Crippen LogP contribution in [0, 0.1) is 0 Å². The average molecular weight is 644 g/mol. The molecule has 11 heteroatoms. The highest BCUT2D eigenvalue weighted by molar-refractivity contribution is 7.92. The van der Waals surface area contributed by atoms with Gasteiger partial charge in [0, 0.05) is 29.6 Å². The molecular formula is C35H41N5O5S. The molecule has 3 aromatic carbocycles. The Balaban J connectivity index is 1.37. The molecule has 0 saturated carbocycles. The van der Waals surface area contributed by atoms with Gasteiger partial charge in [-0.25, -0.2) is 13.2 Å². The van der Waals surface area contributed by atoms with E-state index < -0.39 is 16.1 Å². The van der Waals surface area contributed by atoms with Crippen molar-refractivity contribution < 1.29 is 22.7 Å². The Hall–Kier alpha value is -4.61. The first-order valence-electron chi connectivity index (χ1n) is 15.2. The van der Waals surface area contributed by atoms with Crippen LogP contribution in [0.1, 0.15) is 44.9 Å². The number of sulfonamides is 1. The van der Waals surface area contributed by atoms with Gasteiger partial charge in [0.05, 0.1) is 36.1 Å². The number of carbonyl (C=O) groups excluding carboxylic acids is 1. The number of rotatable bonds is 10. The summed E-state index contributed by atoms with van der Waals surface area (Å²) in [5.41, 5.74) is 2.42. The van der Waals surface area contributed by atoms with Crippen molar-refractivity contribution in [3.8, 4) is 17.2 Å². The maximum atomic E-state index is 13.4. The predicted octanol–water partition coefficient (Wildman–Crippen LogP) is 7.46. The Kier molecular flexibility index (Phi) is 9.83. The molecule has 5 rings (SSSR count). The van der Waals surface area contributed by atoms with Crippen molar-refractivity contribution in [3.63, 3.8) is 0 Å². The molecule has 242 valence electrons. The van der Waals surface area contributed by atoms with E-state index in [0.717, 1.165) is 47.9 Å². The fourth-order valence-electron chi connectivity index (χ4n) is 5.39. The van der Waals surface area contributed by atoms with E-state index >= 15 is 0 Å². The number of benzene rings is 3. The molecule has 1 aliphatic rings. The summed E-state index contributed by atoms with van der Waals surface area (Å²) >= 11 is 0. The number of carbonyl (C=O) groups is 1. The first kappa shape index (κ1) is 32.8. The lowest BCUT2D eigenvalue weighted by molar-refractivity contribution is 0.262. The number of ether oxygens (including phenoxy) is 2. The number of fused-ring (bicyclic) bond motifs is 1. The molecule has 0 unspecified atom stereocenters. The number of pyridine rings is 1. The molecule has 0 radical (unpaired) electrons. The third-order valence-corrected chi connectivity index (χ3v) is 8.26. The minimum absolute atomic E-state index is 0.199. The molecule has 2 heterocycles. The van der Waals surface area contributed by atoms with E-state index in [0.29, 0.717) is 22.9 Å². The number of nitrogens with one attached hydrogen (secondary N) is 3. The standard InChI is InChI=1S/C35H41N5O5S/c1-35(2,3)24-21-30(33(44-4)31(22-24)39-46(5,42)43)38-34(41)37-29-14-15-32(28-13-7-6-12-27(28)29)45-26-16-17-36-25(23-26)11-10-20-40-18-8-9-19-40/h6-7,10-17,21-23,39H,8-9,18-20H2,1-5H3,(H2,37,38,41)/b11-10+. The predicted molar refractivity (Wildman–Crippen MR) is 186 cm³/mol. The van der Waals surface area contributed by atoms with Gasteiger partial charge < -0.3 is 20.1 Å². The van der Waals surface area contributed by atoms with Gasteiger partial charge in [-0.2, -0.15) is 0 Å². The normalized spacial score (nSPS) is 14.0. The van der Waals surface area contributed by atoms with Crippen LogP contribution in [0.25, 0.3) is 16.8 Å². The number of aromatic nitrogens is 1. The Bertz CT molecular complexity index is 1860. The van der Waals surface area contributed by atoms with Crippen LogP contribution in [-0.2, 0) is 15.4 Å². The lowest BCUT2D eigenvalue weighted by Crippen LogP contribution is -2.22. The number of likely N-dealkylation sites (tertiary alicyclic amines) is 1. The summed E-state index contributed by atoms with van der Waals surface area (Å²) in [6, 6.07) is 18.0. The number of urea groups is 1. The van der Waals surface area contributed by atoms with Crippen LogP contribution in [0.15, 0.2) is 72.9 Å². The van der Waals surface area contributed by atoms with E-state index in [1.165, 1.54) is 20.0 Å². The summed E-state index contributed by atoms with van der Waals surface area (Å²) in [6.07, 6.45) is 9.46. The van der Waals surface area contributed by atoms with Crippen LogP contribution in [0.4, 0.5) is 21.9 Å². The SMILES string of the molecule is COc1c(NC(=O)Nc2ccc(Oc3ccnc(/C=C/CN4CCCC4)c3)c3ccccc23)cc(C(C)(C)C)cc1NS(C)(=O)=O. The highest BCUT2D eigenvalue weighted by atomic mass is 32.2. The number of methoxy groups -OCH3 is 1. The van der Waals surface area contributed by atoms with Gasteiger partial charge >= 0.3 is 6.03 Å². The third kappa shape index (κ3) is 8.35. The Morgan fingerprint density at radius 1 is 0.957 bits per heavy atom. The summed E-state index contributed by atoms with van der Waals surface area (Å²) in [6.45, 7) is 9.19. The molecule has 0 atom stereocenters. The van der Waals surface area contributed by atoms with E-state index in [9.17, 15) is 13.2 Å². The molecule has 1 fully saturated rings. The Morgan fingerprint density at radius 3 is 2.35 bits per heavy atom. The van der Waals surface area contributed by atoms with Crippen LogP contribution in [0.3, 0.4) is 0 Å². The zero-order valence-electron chi connectivity index (χ0n) is 26.9. The van der Waals surface area contributed by atoms with Crippen molar-refractivity contribution in [2.24, 2.45) is 0 Å². The Morgan fingerprint density at radius 2 is 1.65 bits per heavy atom. The summed E-state index contributed by atoms with van der Waals surface area (Å²) < 4.78 is 38.5. The zero-order valence-corrected chi connectivity index (χ0v) is 27.7. The molecule has 1 saturated heterocycles. The number of anilines is 3. The average Bonchev–Trinajstić information content (AvgIpc) is 3.51. The lowest BCUT2D eigenvalue weighted by atomic mass is 9.86. The van der Waals surface area contributed by atoms with Crippen LogP contribution < -0.4 is 24.8 Å². The maximum Gasteiger partial charge on any atom is 0.323 e. The first-order valence-corrected chi connectivity index (χ1v) is 17.1. The molecule has 3 N–H and O–H groups in total. The second-order valence-corrected chi connectivity index (χ2v) is 14.1. The van der Waals surface area contributed by atoms with E-state index in [1.807, 2.05) is 69.3 Å². The van der Waals surface area contributed by atoms with Gasteiger partial charge in [0.2, 0.25) is 10.0 Å². The van der Waals surface area contributed by atoms with E-state index in [4.69, 9.17) is 9.47 Å². The lowest BCUT2D eigenvalue weighted by Gasteiger charge is -2.24. The number of hydrogen-bond donors (Lipinski definition) is 3. The summed E-state index contributed by atoms with van der Waals surface area (Å²) in [5.74, 6) is 1.49. The van der Waals surface area contributed by atoms with Gasteiger partial charge in [-0.05, 0) is 73.3 Å². The molecule has 46 heavy (non-hydrogen) atoms. The molecule has 1 aromatic heterocycles. The molecule has 10 nitrogen and oxygen atoms in total. The van der Waals surface area contributed by atoms with Gasteiger partial charge in [0.15, 0.2) is 5.75 Å². The van der Waals surface area contributed by atoms with Crippen molar-refractivity contribution >= 4 is 50.0 Å². The second-order valence-electron chi connectivity index (χ2n) is 12.4. The largest absolute Gasteiger partial charge is 0.492 e. The first-order chi connectivity index (χ1) is 21.9. The summed E-state index contributed by atoms with van der Waals surface area (Å²) in [4.78, 5) is 20.3. The molecule has 0 aliphatic carbocycles. The third-order valence-electron chi connectivity index (χ3n) is 7.67. The summed E-state index contributed by atoms with van der Waals surface area (Å²) in [7, 11) is -2.18. The fraction of sp³-hybridized carbons (Fsp3) is 0.314. The van der Waals surface area contributed by atoms with Crippen molar-refractivity contribution in [2.45, 2.75) is 39.0 Å². The minimum Gasteiger partial charge on any atom is -0.492 e. The monoisotopic (exact) mass is 643 g/mol. The topological polar surface area (TPSA) is 122 Å². The molecule has 2 amide bonds. The quantitative estimate of drug-likeness (QED) is 0.164. The van der Waals surface area contributed by atoms with Crippen LogP contribution in [0.2, 0.25) is 0 Å². The van der Waals surface area contributed by atoms with Crippen LogP contribution in [-0.4, -0.2) is 57.3 Å². The Labute approximate surface area is 270 Å². The van der Waals surface area contributed by atoms with Gasteiger partial charge in [-0.3, -0.25) is 14.6 Å². The molecular weight excluding hydrogens is 602 g/mol. The summed E-state index contributed by atoms with van der Waals surface area (Å²) in [5, 5.41) is 7.38. The zero-order chi connectivity index (χ0) is 32.9. The number of hydrogen-bond acceptors (Lipinski definition) is 7. The minimum atomic E-state index is -3.61. The van der Waals surface area contributed by atoms with Gasteiger partial charge in [-0.1, -0.05) is 51.1 Å². The van der Waals surface area contributed by atoms with Gasteiger partial charge in [0.1, 0.15) is 11.5 Å². The van der Waals surface area contributed by atoms with Gasteiger partial charge in [0.25, 0.3) is 0 Å². The van der Waals surface area contributed by atoms with E-state index in [1.54, 1.807) is 24.4 Å². The van der Waals surface area contributed by atoms with Crippen molar-refractivity contribution in [3.05, 3.63) is 84.2 Å². The number of amides is 2. The molecule has 0 spiro atoms. The van der Waals surface area contributed by atoms with E-state index in [-0.39, 0.29) is 16.9 Å². The number of nitrogens with zero attached hydrogens (tertiary/aromatic N) is 2. The van der Waals surface area contributed by atoms with Crippen molar-refractivity contribution in [1.29, 1.82) is 0 Å². The van der Waals surface area contributed by atoms with E-state index in [2.05, 4.69) is 31.3 Å². The van der Waals surface area contributed by atoms with Crippen LogP contribution in [0.5, 0.6) is 17.2 Å². The fourth-order valence-corrected chi connectivity index (χ4v) is 5.94. The maximum absolute atomic E-state index is 13.4. The van der Waals surface area contributed by atoms with Gasteiger partial charge in [-0.15, -0.1) is 0 Å².